The topological polar surface area (TPSA) is 49.8 Å². The van der Waals surface area contributed by atoms with Crippen LogP contribution in [0, 0.1) is 5.92 Å². The lowest BCUT2D eigenvalue weighted by atomic mass is 9.99. The number of hydrogen-bond donors (Lipinski definition) is 1. The van der Waals surface area contributed by atoms with Gasteiger partial charge in [-0.2, -0.15) is 0 Å². The van der Waals surface area contributed by atoms with Crippen LogP contribution in [0.25, 0.3) is 0 Å². The summed E-state index contributed by atoms with van der Waals surface area (Å²) >= 11 is 0. The number of ether oxygens (including phenoxy) is 1. The lowest BCUT2D eigenvalue weighted by molar-refractivity contribution is -0.139. The fourth-order valence-corrected chi connectivity index (χ4v) is 1.95. The Hall–Kier alpha value is -0.870. The first-order valence-corrected chi connectivity index (χ1v) is 5.29. The monoisotopic (exact) mass is 213 g/mol. The number of hydrogen-bond acceptors (Lipinski definition) is 3. The summed E-state index contributed by atoms with van der Waals surface area (Å²) in [6.45, 7) is 7.94. The lowest BCUT2D eigenvalue weighted by Gasteiger charge is -2.30. The highest BCUT2D eigenvalue weighted by Gasteiger charge is 2.27. The van der Waals surface area contributed by atoms with E-state index in [0.29, 0.717) is 12.5 Å². The number of aliphatic carboxylic acids is 1. The Morgan fingerprint density at radius 1 is 1.80 bits per heavy atom. The van der Waals surface area contributed by atoms with Gasteiger partial charge in [0.1, 0.15) is 0 Å². The van der Waals surface area contributed by atoms with E-state index in [2.05, 4.69) is 13.5 Å². The van der Waals surface area contributed by atoms with Crippen molar-refractivity contribution in [3.8, 4) is 0 Å². The highest BCUT2D eigenvalue weighted by molar-refractivity contribution is 5.69. The number of nitrogens with zero attached hydrogens (tertiary/aromatic N) is 1. The second-order valence-corrected chi connectivity index (χ2v) is 3.98. The van der Waals surface area contributed by atoms with Crippen molar-refractivity contribution in [2.45, 2.75) is 19.4 Å². The van der Waals surface area contributed by atoms with Crippen molar-refractivity contribution in [2.75, 3.05) is 26.3 Å². The highest BCUT2D eigenvalue weighted by atomic mass is 16.5. The minimum atomic E-state index is -0.789. The van der Waals surface area contributed by atoms with Gasteiger partial charge < -0.3 is 9.84 Å². The van der Waals surface area contributed by atoms with Gasteiger partial charge in [-0.15, -0.1) is 6.58 Å². The summed E-state index contributed by atoms with van der Waals surface area (Å²) in [5.74, 6) is -0.341. The molecule has 2 unspecified atom stereocenters. The molecule has 0 saturated carbocycles. The number of carboxylic acids is 1. The molecule has 1 rings (SSSR count). The van der Waals surface area contributed by atoms with Crippen LogP contribution in [-0.4, -0.2) is 48.3 Å². The average Bonchev–Trinajstić information content (AvgIpc) is 2.68. The van der Waals surface area contributed by atoms with Crippen molar-refractivity contribution in [3.05, 3.63) is 12.7 Å². The van der Waals surface area contributed by atoms with Gasteiger partial charge in [-0.3, -0.25) is 9.69 Å². The summed E-state index contributed by atoms with van der Waals surface area (Å²) in [7, 11) is 0. The Morgan fingerprint density at radius 3 is 3.00 bits per heavy atom. The molecule has 0 aliphatic carbocycles. The zero-order valence-corrected chi connectivity index (χ0v) is 9.19. The molecule has 0 aromatic carbocycles. The van der Waals surface area contributed by atoms with E-state index in [9.17, 15) is 4.79 Å². The molecule has 0 aromatic rings. The predicted octanol–water partition coefficient (Wildman–Crippen LogP) is 0.984. The second-order valence-electron chi connectivity index (χ2n) is 3.98. The van der Waals surface area contributed by atoms with E-state index < -0.39 is 5.97 Å². The molecule has 15 heavy (non-hydrogen) atoms. The van der Waals surface area contributed by atoms with Crippen molar-refractivity contribution < 1.29 is 14.6 Å². The van der Waals surface area contributed by atoms with Gasteiger partial charge in [0, 0.05) is 19.2 Å². The zero-order valence-electron chi connectivity index (χ0n) is 9.19. The average molecular weight is 213 g/mol. The van der Waals surface area contributed by atoms with E-state index in [0.717, 1.165) is 19.6 Å². The van der Waals surface area contributed by atoms with Gasteiger partial charge in [0.2, 0.25) is 0 Å². The van der Waals surface area contributed by atoms with Crippen LogP contribution in [0.3, 0.4) is 0 Å². The minimum Gasteiger partial charge on any atom is -0.480 e. The van der Waals surface area contributed by atoms with E-state index in [1.165, 1.54) is 0 Å². The molecule has 0 aromatic heterocycles. The maximum Gasteiger partial charge on any atom is 0.317 e. The first-order chi connectivity index (χ1) is 7.15. The summed E-state index contributed by atoms with van der Waals surface area (Å²) in [6.07, 6.45) is 2.77. The molecular formula is C11H19NO3. The Balaban J connectivity index is 2.52. The maximum absolute atomic E-state index is 10.7. The van der Waals surface area contributed by atoms with Crippen LogP contribution in [0.1, 0.15) is 13.3 Å². The van der Waals surface area contributed by atoms with Gasteiger partial charge in [-0.1, -0.05) is 6.08 Å². The van der Waals surface area contributed by atoms with Crippen LogP contribution in [0.15, 0.2) is 12.7 Å². The molecule has 1 heterocycles. The van der Waals surface area contributed by atoms with Gasteiger partial charge in [0.05, 0.1) is 13.2 Å². The van der Waals surface area contributed by atoms with Crippen molar-refractivity contribution in [2.24, 2.45) is 5.92 Å². The molecule has 86 valence electrons. The van der Waals surface area contributed by atoms with Gasteiger partial charge in [0.15, 0.2) is 0 Å². The van der Waals surface area contributed by atoms with Crippen molar-refractivity contribution in [1.29, 1.82) is 0 Å². The largest absolute Gasteiger partial charge is 0.480 e. The van der Waals surface area contributed by atoms with Crippen molar-refractivity contribution in [1.82, 2.24) is 4.90 Å². The van der Waals surface area contributed by atoms with Crippen LogP contribution < -0.4 is 0 Å². The molecule has 0 bridgehead atoms. The van der Waals surface area contributed by atoms with E-state index in [1.807, 2.05) is 4.90 Å². The molecule has 0 radical (unpaired) electrons. The van der Waals surface area contributed by atoms with Crippen LogP contribution in [-0.2, 0) is 9.53 Å². The van der Waals surface area contributed by atoms with Crippen LogP contribution in [0.2, 0.25) is 0 Å². The third kappa shape index (κ3) is 3.64. The fourth-order valence-electron chi connectivity index (χ4n) is 1.95. The van der Waals surface area contributed by atoms with Crippen molar-refractivity contribution in [3.63, 3.8) is 0 Å². The number of rotatable bonds is 6. The molecule has 1 N–H and O–H groups in total. The molecule has 1 aliphatic heterocycles. The van der Waals surface area contributed by atoms with Gasteiger partial charge >= 0.3 is 5.97 Å². The predicted molar refractivity (Wildman–Crippen MR) is 57.8 cm³/mol. The summed E-state index contributed by atoms with van der Waals surface area (Å²) < 4.78 is 5.31. The molecule has 2 atom stereocenters. The van der Waals surface area contributed by atoms with Crippen LogP contribution in [0.5, 0.6) is 0 Å². The van der Waals surface area contributed by atoms with Crippen LogP contribution >= 0.6 is 0 Å². The SMILES string of the molecule is C=CCN(CC(=O)O)C(C)C1CCOC1. The van der Waals surface area contributed by atoms with E-state index >= 15 is 0 Å². The first kappa shape index (κ1) is 12.2. The summed E-state index contributed by atoms with van der Waals surface area (Å²) in [5.41, 5.74) is 0. The molecule has 1 fully saturated rings. The third-order valence-electron chi connectivity index (χ3n) is 2.93. The van der Waals surface area contributed by atoms with Crippen LogP contribution in [0.4, 0.5) is 0 Å². The molecular weight excluding hydrogens is 194 g/mol. The number of carboxylic acid groups (broad SMARTS) is 1. The molecule has 0 amide bonds. The Kier molecular flexibility index (Phi) is 4.78. The number of carbonyl (C=O) groups is 1. The summed E-state index contributed by atoms with van der Waals surface area (Å²) in [5, 5.41) is 8.80. The van der Waals surface area contributed by atoms with Gasteiger partial charge in [-0.25, -0.2) is 0 Å². The fraction of sp³-hybridized carbons (Fsp3) is 0.727. The summed E-state index contributed by atoms with van der Waals surface area (Å²) in [4.78, 5) is 12.6. The zero-order chi connectivity index (χ0) is 11.3. The second kappa shape index (κ2) is 5.88. The van der Waals surface area contributed by atoms with E-state index in [1.54, 1.807) is 6.08 Å². The Bertz CT molecular complexity index is 224. The standard InChI is InChI=1S/C11H19NO3/c1-3-5-12(7-11(13)14)9(2)10-4-6-15-8-10/h3,9-10H,1,4-8H2,2H3,(H,13,14). The van der Waals surface area contributed by atoms with Gasteiger partial charge in [-0.05, 0) is 19.3 Å². The minimum absolute atomic E-state index is 0.0731. The quantitative estimate of drug-likeness (QED) is 0.668. The molecule has 4 nitrogen and oxygen atoms in total. The molecule has 4 heteroatoms. The Morgan fingerprint density at radius 2 is 2.53 bits per heavy atom. The van der Waals surface area contributed by atoms with E-state index in [-0.39, 0.29) is 12.6 Å². The van der Waals surface area contributed by atoms with E-state index in [4.69, 9.17) is 9.84 Å². The Labute approximate surface area is 90.5 Å². The normalized spacial score (nSPS) is 22.9. The van der Waals surface area contributed by atoms with Gasteiger partial charge in [0.25, 0.3) is 0 Å². The lowest BCUT2D eigenvalue weighted by Crippen LogP contribution is -2.42. The molecule has 1 aliphatic rings. The first-order valence-electron chi connectivity index (χ1n) is 5.29. The molecule has 0 spiro atoms. The third-order valence-corrected chi connectivity index (χ3v) is 2.93. The maximum atomic E-state index is 10.7. The smallest absolute Gasteiger partial charge is 0.317 e. The molecule has 1 saturated heterocycles. The summed E-state index contributed by atoms with van der Waals surface area (Å²) in [6, 6.07) is 0.238. The highest BCUT2D eigenvalue weighted by Crippen LogP contribution is 2.20. The van der Waals surface area contributed by atoms with Crippen molar-refractivity contribution >= 4 is 5.97 Å².